The van der Waals surface area contributed by atoms with E-state index in [1.165, 1.54) is 36.4 Å². The summed E-state index contributed by atoms with van der Waals surface area (Å²) in [6.45, 7) is 1.86. The molecule has 6 nitrogen and oxygen atoms in total. The lowest BCUT2D eigenvalue weighted by molar-refractivity contribution is -0.129. The fourth-order valence-corrected chi connectivity index (χ4v) is 4.26. The van der Waals surface area contributed by atoms with Gasteiger partial charge in [-0.25, -0.2) is 9.79 Å². The normalized spacial score (nSPS) is 14.9. The lowest BCUT2D eigenvalue weighted by Crippen LogP contribution is -2.09. The lowest BCUT2D eigenvalue weighted by Gasteiger charge is -2.07. The highest BCUT2D eigenvalue weighted by molar-refractivity contribution is 7.87. The molecule has 0 atom stereocenters. The van der Waals surface area contributed by atoms with Gasteiger partial charge >= 0.3 is 16.1 Å². The highest BCUT2D eigenvalue weighted by Gasteiger charge is 2.25. The zero-order valence-electron chi connectivity index (χ0n) is 16.6. The van der Waals surface area contributed by atoms with E-state index in [1.807, 2.05) is 6.92 Å². The Balaban J connectivity index is 1.53. The van der Waals surface area contributed by atoms with Crippen LogP contribution in [0.3, 0.4) is 0 Å². The van der Waals surface area contributed by atoms with E-state index < -0.39 is 16.1 Å². The van der Waals surface area contributed by atoms with Gasteiger partial charge in [0, 0.05) is 5.02 Å². The van der Waals surface area contributed by atoms with Gasteiger partial charge in [-0.05, 0) is 61.0 Å². The van der Waals surface area contributed by atoms with Gasteiger partial charge in [0.2, 0.25) is 5.90 Å². The van der Waals surface area contributed by atoms with Crippen LogP contribution in [0.4, 0.5) is 0 Å². The van der Waals surface area contributed by atoms with Crippen molar-refractivity contribution in [1.82, 2.24) is 0 Å². The molecule has 9 heteroatoms. The van der Waals surface area contributed by atoms with Crippen molar-refractivity contribution in [1.29, 1.82) is 0 Å². The van der Waals surface area contributed by atoms with Crippen molar-refractivity contribution in [2.75, 3.05) is 0 Å². The standard InChI is InChI=1S/C23H15Cl2NO5S/c1-14-2-9-18(10-3-14)32(28,29)31-17-7-4-15(5-8-17)12-21-23(27)30-22(26-21)19-11-6-16(24)13-20(19)25/h2-13H,1H3/b21-12-. The van der Waals surface area contributed by atoms with Gasteiger partial charge in [0.25, 0.3) is 0 Å². The van der Waals surface area contributed by atoms with Crippen molar-refractivity contribution in [3.63, 3.8) is 0 Å². The quantitative estimate of drug-likeness (QED) is 0.272. The van der Waals surface area contributed by atoms with Crippen molar-refractivity contribution in [3.8, 4) is 5.75 Å². The van der Waals surface area contributed by atoms with Crippen LogP contribution in [0.25, 0.3) is 6.08 Å². The van der Waals surface area contributed by atoms with Gasteiger partial charge in [-0.3, -0.25) is 0 Å². The van der Waals surface area contributed by atoms with Crippen molar-refractivity contribution in [2.45, 2.75) is 11.8 Å². The van der Waals surface area contributed by atoms with Crippen LogP contribution in [0, 0.1) is 6.92 Å². The number of carbonyl (C=O) groups is 1. The molecule has 1 aliphatic rings. The van der Waals surface area contributed by atoms with Gasteiger partial charge < -0.3 is 8.92 Å². The molecule has 0 aromatic heterocycles. The molecular formula is C23H15Cl2NO5S. The Labute approximate surface area is 194 Å². The average molecular weight is 488 g/mol. The summed E-state index contributed by atoms with van der Waals surface area (Å²) in [4.78, 5) is 16.5. The minimum absolute atomic E-state index is 0.0609. The van der Waals surface area contributed by atoms with E-state index in [0.717, 1.165) is 5.56 Å². The molecule has 32 heavy (non-hydrogen) atoms. The SMILES string of the molecule is Cc1ccc(S(=O)(=O)Oc2ccc(/C=C3\N=C(c4ccc(Cl)cc4Cl)OC3=O)cc2)cc1. The third-order valence-corrected chi connectivity index (χ3v) is 6.29. The molecule has 3 aromatic rings. The Bertz CT molecular complexity index is 1360. The topological polar surface area (TPSA) is 82.0 Å². The number of carbonyl (C=O) groups excluding carboxylic acids is 1. The van der Waals surface area contributed by atoms with Gasteiger partial charge in [0.1, 0.15) is 10.6 Å². The molecule has 0 saturated carbocycles. The monoisotopic (exact) mass is 487 g/mol. The van der Waals surface area contributed by atoms with E-state index >= 15 is 0 Å². The summed E-state index contributed by atoms with van der Waals surface area (Å²) < 4.78 is 35.2. The number of aryl methyl sites for hydroxylation is 1. The van der Waals surface area contributed by atoms with Gasteiger partial charge in [0.05, 0.1) is 10.6 Å². The Morgan fingerprint density at radius 1 is 0.969 bits per heavy atom. The number of benzene rings is 3. The zero-order chi connectivity index (χ0) is 22.9. The number of hydrogen-bond acceptors (Lipinski definition) is 6. The fraction of sp³-hybridized carbons (Fsp3) is 0.0435. The van der Waals surface area contributed by atoms with Gasteiger partial charge in [-0.1, -0.05) is 53.0 Å². The molecule has 0 N–H and O–H groups in total. The van der Waals surface area contributed by atoms with Crippen LogP contribution in [-0.2, 0) is 19.6 Å². The Hall–Kier alpha value is -3.13. The summed E-state index contributed by atoms with van der Waals surface area (Å²) in [6.07, 6.45) is 1.51. The highest BCUT2D eigenvalue weighted by atomic mass is 35.5. The van der Waals surface area contributed by atoms with E-state index in [4.69, 9.17) is 32.1 Å². The first-order valence-electron chi connectivity index (χ1n) is 9.30. The highest BCUT2D eigenvalue weighted by Crippen LogP contribution is 2.27. The smallest absolute Gasteiger partial charge is 0.363 e. The van der Waals surface area contributed by atoms with E-state index in [0.29, 0.717) is 21.2 Å². The number of nitrogens with zero attached hydrogens (tertiary/aromatic N) is 1. The third kappa shape index (κ3) is 4.85. The maximum atomic E-state index is 12.4. The molecule has 4 rings (SSSR count). The molecule has 0 unspecified atom stereocenters. The Morgan fingerprint density at radius 3 is 2.31 bits per heavy atom. The molecule has 3 aromatic carbocycles. The van der Waals surface area contributed by atoms with Crippen LogP contribution in [0.2, 0.25) is 10.0 Å². The lowest BCUT2D eigenvalue weighted by atomic mass is 10.2. The van der Waals surface area contributed by atoms with E-state index in [1.54, 1.807) is 36.4 Å². The van der Waals surface area contributed by atoms with Crippen LogP contribution in [0.1, 0.15) is 16.7 Å². The minimum atomic E-state index is -3.95. The summed E-state index contributed by atoms with van der Waals surface area (Å²) in [5.41, 5.74) is 2.06. The zero-order valence-corrected chi connectivity index (χ0v) is 18.9. The molecule has 1 aliphatic heterocycles. The van der Waals surface area contributed by atoms with E-state index in [9.17, 15) is 13.2 Å². The summed E-state index contributed by atoms with van der Waals surface area (Å²) in [7, 11) is -3.95. The fourth-order valence-electron chi connectivity index (χ4n) is 2.84. The van der Waals surface area contributed by atoms with Gasteiger partial charge in [0.15, 0.2) is 5.70 Å². The van der Waals surface area contributed by atoms with Crippen molar-refractivity contribution in [3.05, 3.63) is 99.2 Å². The molecule has 0 amide bonds. The van der Waals surface area contributed by atoms with Crippen LogP contribution in [0.15, 0.2) is 82.3 Å². The molecule has 162 valence electrons. The molecular weight excluding hydrogens is 473 g/mol. The van der Waals surface area contributed by atoms with E-state index in [-0.39, 0.29) is 22.2 Å². The molecule has 0 fully saturated rings. The second-order valence-corrected chi connectivity index (χ2v) is 9.27. The number of ether oxygens (including phenoxy) is 1. The first-order valence-corrected chi connectivity index (χ1v) is 11.5. The van der Waals surface area contributed by atoms with Crippen LogP contribution in [-0.4, -0.2) is 20.3 Å². The summed E-state index contributed by atoms with van der Waals surface area (Å²) >= 11 is 12.0. The Kier molecular flexibility index (Phi) is 6.06. The van der Waals surface area contributed by atoms with E-state index in [2.05, 4.69) is 4.99 Å². The van der Waals surface area contributed by atoms with Crippen LogP contribution >= 0.6 is 23.2 Å². The molecule has 0 radical (unpaired) electrons. The van der Waals surface area contributed by atoms with Gasteiger partial charge in [-0.2, -0.15) is 8.42 Å². The molecule has 0 spiro atoms. The summed E-state index contributed by atoms with van der Waals surface area (Å²) in [6, 6.07) is 17.3. The number of cyclic esters (lactones) is 1. The first-order chi connectivity index (χ1) is 15.2. The van der Waals surface area contributed by atoms with Gasteiger partial charge in [-0.15, -0.1) is 0 Å². The van der Waals surface area contributed by atoms with Crippen molar-refractivity contribution >= 4 is 51.3 Å². The van der Waals surface area contributed by atoms with Crippen molar-refractivity contribution in [2.24, 2.45) is 4.99 Å². The predicted molar refractivity (Wildman–Crippen MR) is 123 cm³/mol. The maximum Gasteiger partial charge on any atom is 0.363 e. The number of halogens is 2. The average Bonchev–Trinajstić information content (AvgIpc) is 3.09. The van der Waals surface area contributed by atoms with Crippen LogP contribution in [0.5, 0.6) is 5.75 Å². The van der Waals surface area contributed by atoms with Crippen molar-refractivity contribution < 1.29 is 22.1 Å². The maximum absolute atomic E-state index is 12.4. The second kappa shape index (κ2) is 8.78. The largest absolute Gasteiger partial charge is 0.402 e. The first kappa shape index (κ1) is 22.1. The van der Waals surface area contributed by atoms with Crippen LogP contribution < -0.4 is 4.18 Å². The molecule has 0 aliphatic carbocycles. The number of rotatable bonds is 5. The minimum Gasteiger partial charge on any atom is -0.402 e. The number of hydrogen-bond donors (Lipinski definition) is 0. The predicted octanol–water partition coefficient (Wildman–Crippen LogP) is 5.41. The third-order valence-electron chi connectivity index (χ3n) is 4.48. The summed E-state index contributed by atoms with van der Waals surface area (Å²) in [5.74, 6) is -0.417. The number of esters is 1. The molecule has 1 heterocycles. The summed E-state index contributed by atoms with van der Waals surface area (Å²) in [5, 5.41) is 0.757. The molecule has 0 saturated heterocycles. The second-order valence-electron chi connectivity index (χ2n) is 6.88. The Morgan fingerprint density at radius 2 is 1.66 bits per heavy atom. The number of aliphatic imine (C=N–C) groups is 1. The molecule has 0 bridgehead atoms.